The Balaban J connectivity index is 0.000000438. The number of nitrogens with one attached hydrogen (secondary N) is 2. The number of aliphatic carboxylic acids is 2. The van der Waals surface area contributed by atoms with E-state index in [1.165, 1.54) is 10.9 Å². The lowest BCUT2D eigenvalue weighted by Crippen LogP contribution is -2.32. The molecule has 7 nitrogen and oxygen atoms in total. The van der Waals surface area contributed by atoms with Crippen LogP contribution in [0.25, 0.3) is 10.9 Å². The number of fused-ring (bicyclic) bond motifs is 1. The third kappa shape index (κ3) is 6.90. The molecule has 0 fully saturated rings. The summed E-state index contributed by atoms with van der Waals surface area (Å²) in [6.07, 6.45) is 2.42. The number of carbonyl (C=O) groups is 2. The Bertz CT molecular complexity index is 960. The van der Waals surface area contributed by atoms with E-state index in [1.807, 2.05) is 24.3 Å². The maximum Gasteiger partial charge on any atom is 0.414 e. The maximum absolute atomic E-state index is 10.3. The molecule has 8 heteroatoms. The molecule has 2 atom stereocenters. The number of aliphatic hydroxyl groups is 1. The summed E-state index contributed by atoms with van der Waals surface area (Å²) in [6, 6.07) is 15.9. The molecular formula is C21H23ClN2O5. The zero-order valence-corrected chi connectivity index (χ0v) is 16.6. The highest BCUT2D eigenvalue weighted by Crippen LogP contribution is 2.20. The third-order valence-corrected chi connectivity index (χ3v) is 4.51. The molecule has 0 radical (unpaired) electrons. The number of hydrogen-bond acceptors (Lipinski definition) is 4. The van der Waals surface area contributed by atoms with Crippen LogP contribution in [0, 0.1) is 0 Å². The molecule has 1 heterocycles. The van der Waals surface area contributed by atoms with Crippen molar-refractivity contribution in [1.29, 1.82) is 0 Å². The van der Waals surface area contributed by atoms with Crippen molar-refractivity contribution in [2.45, 2.75) is 25.5 Å². The van der Waals surface area contributed by atoms with Crippen LogP contribution in [0.4, 0.5) is 0 Å². The summed E-state index contributed by atoms with van der Waals surface area (Å²) in [4.78, 5) is 21.5. The molecule has 29 heavy (non-hydrogen) atoms. The smallest absolute Gasteiger partial charge is 0.414 e. The zero-order chi connectivity index (χ0) is 21.4. The second-order valence-corrected chi connectivity index (χ2v) is 6.99. The highest BCUT2D eigenvalue weighted by Gasteiger charge is 2.12. The number of aliphatic hydroxyl groups excluding tert-OH is 1. The van der Waals surface area contributed by atoms with Gasteiger partial charge in [-0.05, 0) is 42.7 Å². The fourth-order valence-corrected chi connectivity index (χ4v) is 3.05. The fourth-order valence-electron chi connectivity index (χ4n) is 2.85. The lowest BCUT2D eigenvalue weighted by molar-refractivity contribution is -0.159. The molecule has 0 unspecified atom stereocenters. The van der Waals surface area contributed by atoms with Crippen LogP contribution in [0.2, 0.25) is 5.02 Å². The van der Waals surface area contributed by atoms with E-state index in [1.54, 1.807) is 6.07 Å². The number of hydrogen-bond donors (Lipinski definition) is 5. The molecular weight excluding hydrogens is 396 g/mol. The molecule has 0 bridgehead atoms. The van der Waals surface area contributed by atoms with Gasteiger partial charge in [-0.15, -0.1) is 0 Å². The molecule has 0 aliphatic carbocycles. The van der Waals surface area contributed by atoms with Crippen molar-refractivity contribution < 1.29 is 24.9 Å². The summed E-state index contributed by atoms with van der Waals surface area (Å²) in [5, 5.41) is 30.4. The van der Waals surface area contributed by atoms with Gasteiger partial charge in [-0.3, -0.25) is 0 Å². The quantitative estimate of drug-likeness (QED) is 0.392. The Morgan fingerprint density at radius 3 is 2.45 bits per heavy atom. The van der Waals surface area contributed by atoms with Crippen LogP contribution in [0.1, 0.15) is 24.2 Å². The average molecular weight is 419 g/mol. The number of para-hydroxylation sites is 1. The van der Waals surface area contributed by atoms with Gasteiger partial charge < -0.3 is 25.6 Å². The van der Waals surface area contributed by atoms with Gasteiger partial charge in [0.15, 0.2) is 0 Å². The van der Waals surface area contributed by atoms with Gasteiger partial charge in [-0.2, -0.15) is 0 Å². The van der Waals surface area contributed by atoms with Crippen LogP contribution < -0.4 is 5.32 Å². The molecule has 0 saturated carbocycles. The van der Waals surface area contributed by atoms with Crippen molar-refractivity contribution >= 4 is 34.4 Å². The molecule has 2 aromatic carbocycles. The number of aromatic nitrogens is 1. The number of rotatable bonds is 6. The van der Waals surface area contributed by atoms with Crippen LogP contribution in [-0.4, -0.2) is 44.8 Å². The van der Waals surface area contributed by atoms with Crippen molar-refractivity contribution in [1.82, 2.24) is 10.3 Å². The van der Waals surface area contributed by atoms with Crippen LogP contribution >= 0.6 is 11.6 Å². The second kappa shape index (κ2) is 10.6. The Kier molecular flexibility index (Phi) is 8.21. The number of benzene rings is 2. The molecule has 3 aromatic rings. The van der Waals surface area contributed by atoms with Crippen molar-refractivity contribution in [3.63, 3.8) is 0 Å². The van der Waals surface area contributed by atoms with Crippen molar-refractivity contribution in [3.05, 3.63) is 70.9 Å². The van der Waals surface area contributed by atoms with E-state index in [2.05, 4.69) is 41.6 Å². The average Bonchev–Trinajstić information content (AvgIpc) is 3.09. The minimum atomic E-state index is -1.82. The van der Waals surface area contributed by atoms with E-state index < -0.39 is 18.0 Å². The SMILES string of the molecule is C[C@@H](Cc1c[nH]c2ccccc12)NC[C@H](O)c1cccc(Cl)c1.O=C(O)C(=O)O. The summed E-state index contributed by atoms with van der Waals surface area (Å²) in [6.45, 7) is 2.64. The monoisotopic (exact) mass is 418 g/mol. The minimum Gasteiger partial charge on any atom is -0.473 e. The molecule has 0 spiro atoms. The molecule has 3 rings (SSSR count). The Labute approximate surface area is 172 Å². The molecule has 1 aromatic heterocycles. The molecule has 0 aliphatic rings. The van der Waals surface area contributed by atoms with Gasteiger partial charge in [0.1, 0.15) is 0 Å². The highest BCUT2D eigenvalue weighted by atomic mass is 35.5. The van der Waals surface area contributed by atoms with E-state index in [0.29, 0.717) is 11.6 Å². The fraction of sp³-hybridized carbons (Fsp3) is 0.238. The van der Waals surface area contributed by atoms with Gasteiger partial charge in [-0.1, -0.05) is 41.9 Å². The Morgan fingerprint density at radius 1 is 1.10 bits per heavy atom. The van der Waals surface area contributed by atoms with Gasteiger partial charge >= 0.3 is 11.9 Å². The normalized spacial score (nSPS) is 12.7. The third-order valence-electron chi connectivity index (χ3n) is 4.28. The van der Waals surface area contributed by atoms with Crippen LogP contribution in [-0.2, 0) is 16.0 Å². The first kappa shape index (κ1) is 22.4. The Hall–Kier alpha value is -2.87. The summed E-state index contributed by atoms with van der Waals surface area (Å²) >= 11 is 5.97. The molecule has 0 saturated heterocycles. The lowest BCUT2D eigenvalue weighted by Gasteiger charge is -2.17. The highest BCUT2D eigenvalue weighted by molar-refractivity contribution is 6.30. The van der Waals surface area contributed by atoms with E-state index in [4.69, 9.17) is 31.4 Å². The van der Waals surface area contributed by atoms with Crippen LogP contribution in [0.15, 0.2) is 54.7 Å². The number of aromatic amines is 1. The van der Waals surface area contributed by atoms with E-state index in [0.717, 1.165) is 17.5 Å². The van der Waals surface area contributed by atoms with Crippen LogP contribution in [0.3, 0.4) is 0 Å². The maximum atomic E-state index is 10.3. The number of H-pyrrole nitrogens is 1. The summed E-state index contributed by atoms with van der Waals surface area (Å²) in [7, 11) is 0. The first-order valence-corrected chi connectivity index (χ1v) is 9.33. The first-order chi connectivity index (χ1) is 13.8. The van der Waals surface area contributed by atoms with Gasteiger partial charge in [0.25, 0.3) is 0 Å². The first-order valence-electron chi connectivity index (χ1n) is 8.96. The molecule has 0 aliphatic heterocycles. The predicted molar refractivity (Wildman–Crippen MR) is 111 cm³/mol. The van der Waals surface area contributed by atoms with Gasteiger partial charge in [0.2, 0.25) is 0 Å². The van der Waals surface area contributed by atoms with Crippen molar-refractivity contribution in [2.24, 2.45) is 0 Å². The van der Waals surface area contributed by atoms with E-state index in [-0.39, 0.29) is 6.04 Å². The number of carboxylic acids is 2. The molecule has 0 amide bonds. The van der Waals surface area contributed by atoms with Gasteiger partial charge in [-0.25, -0.2) is 9.59 Å². The number of carboxylic acid groups (broad SMARTS) is 2. The van der Waals surface area contributed by atoms with Gasteiger partial charge in [0, 0.05) is 34.7 Å². The summed E-state index contributed by atoms with van der Waals surface area (Å²) in [5.74, 6) is -3.65. The zero-order valence-electron chi connectivity index (χ0n) is 15.8. The van der Waals surface area contributed by atoms with Crippen molar-refractivity contribution in [2.75, 3.05) is 6.54 Å². The van der Waals surface area contributed by atoms with E-state index in [9.17, 15) is 5.11 Å². The summed E-state index contributed by atoms with van der Waals surface area (Å²) < 4.78 is 0. The standard InChI is InChI=1S/C19H21ClN2O.C2H2O4/c1-13(9-15-11-22-18-8-3-2-7-17(15)18)21-12-19(23)14-5-4-6-16(20)10-14;3-1(4)2(5)6/h2-8,10-11,13,19,21-23H,9,12H2,1H3;(H,3,4)(H,5,6)/t13-,19-;/m0./s1. The summed E-state index contributed by atoms with van der Waals surface area (Å²) in [5.41, 5.74) is 3.29. The largest absolute Gasteiger partial charge is 0.473 e. The lowest BCUT2D eigenvalue weighted by atomic mass is 10.1. The second-order valence-electron chi connectivity index (χ2n) is 6.55. The predicted octanol–water partition coefficient (Wildman–Crippen LogP) is 3.23. The van der Waals surface area contributed by atoms with Crippen molar-refractivity contribution in [3.8, 4) is 0 Å². The molecule has 5 N–H and O–H groups in total. The molecule has 154 valence electrons. The Morgan fingerprint density at radius 2 is 1.79 bits per heavy atom. The topological polar surface area (TPSA) is 123 Å². The minimum absolute atomic E-state index is 0.267. The van der Waals surface area contributed by atoms with Crippen LogP contribution in [0.5, 0.6) is 0 Å². The number of halogens is 1. The van der Waals surface area contributed by atoms with E-state index >= 15 is 0 Å². The van der Waals surface area contributed by atoms with Gasteiger partial charge in [0.05, 0.1) is 6.10 Å².